The number of allylic oxidation sites excluding steroid dienone is 6. The first kappa shape index (κ1) is 44.4. The molecule has 15 rings (SSSR count). The molecule has 76 heavy (non-hydrogen) atoms. The predicted molar refractivity (Wildman–Crippen MR) is 324 cm³/mol. The molecule has 4 aliphatic rings. The molecule has 2 heterocycles. The molecule has 1 nitrogen and oxygen atoms in total. The molecule has 2 atom stereocenters. The van der Waals surface area contributed by atoms with E-state index in [-0.39, 0.29) is 12.0 Å². The van der Waals surface area contributed by atoms with Crippen LogP contribution in [0.5, 0.6) is 0 Å². The van der Waals surface area contributed by atoms with Crippen molar-refractivity contribution in [2.45, 2.75) is 24.8 Å². The summed E-state index contributed by atoms with van der Waals surface area (Å²) in [6.07, 6.45) is 12.1. The molecular formula is C74H53NSi. The Labute approximate surface area is 446 Å². The number of rotatable bonds is 8. The zero-order valence-electron chi connectivity index (χ0n) is 42.2. The van der Waals surface area contributed by atoms with Gasteiger partial charge in [0.1, 0.15) is 0 Å². The Kier molecular flexibility index (Phi) is 10.6. The van der Waals surface area contributed by atoms with Gasteiger partial charge in [0.2, 0.25) is 0 Å². The quantitative estimate of drug-likeness (QED) is 0.137. The summed E-state index contributed by atoms with van der Waals surface area (Å²) in [6.45, 7) is 0. The van der Waals surface area contributed by atoms with Crippen molar-refractivity contribution in [2.24, 2.45) is 0 Å². The molecule has 358 valence electrons. The Hall–Kier alpha value is -9.08. The zero-order valence-corrected chi connectivity index (χ0v) is 43.2. The predicted octanol–water partition coefficient (Wildman–Crippen LogP) is 16.7. The monoisotopic (exact) mass is 983 g/mol. The molecule has 2 aliphatic carbocycles. The zero-order chi connectivity index (χ0) is 50.2. The van der Waals surface area contributed by atoms with Gasteiger partial charge in [0.15, 0.2) is 8.07 Å². The lowest BCUT2D eigenvalue weighted by molar-refractivity contribution is 0.704. The van der Waals surface area contributed by atoms with Gasteiger partial charge < -0.3 is 4.90 Å². The lowest BCUT2D eigenvalue weighted by atomic mass is 9.85. The highest BCUT2D eigenvalue weighted by Crippen LogP contribution is 2.52. The fourth-order valence-electron chi connectivity index (χ4n) is 13.5. The minimum Gasteiger partial charge on any atom is -0.337 e. The van der Waals surface area contributed by atoms with Gasteiger partial charge in [-0.1, -0.05) is 267 Å². The molecule has 0 saturated heterocycles. The van der Waals surface area contributed by atoms with E-state index in [1.807, 2.05) is 0 Å². The number of hydrogen-bond donors (Lipinski definition) is 0. The maximum absolute atomic E-state index is 2.81. The Morgan fingerprint density at radius 1 is 0.395 bits per heavy atom. The average Bonchev–Trinajstić information content (AvgIpc) is 3.99. The summed E-state index contributed by atoms with van der Waals surface area (Å²) < 4.78 is 0. The molecule has 0 fully saturated rings. The molecule has 0 aromatic heterocycles. The van der Waals surface area contributed by atoms with Gasteiger partial charge in [-0.2, -0.15) is 0 Å². The van der Waals surface area contributed by atoms with E-state index in [0.29, 0.717) is 0 Å². The van der Waals surface area contributed by atoms with Crippen LogP contribution in [0.4, 0.5) is 5.69 Å². The molecule has 2 unspecified atom stereocenters. The SMILES string of the molecule is C1=CC2C(C=C1c1ccc(-c3cccc4ccccc34)cc1)c1cc(-c3ccc(-c4cccc5ccccc45)cc3)ccc1N2C1=CC2=C(CC1)c1ccc(-c3ccccc3)cc1[Si]2(c1ccccc1)c1ccccc1. The van der Waals surface area contributed by atoms with Gasteiger partial charge in [-0.15, -0.1) is 0 Å². The summed E-state index contributed by atoms with van der Waals surface area (Å²) in [6, 6.07) is 97.9. The van der Waals surface area contributed by atoms with Crippen molar-refractivity contribution in [1.29, 1.82) is 0 Å². The summed E-state index contributed by atoms with van der Waals surface area (Å²) in [5.41, 5.74) is 19.6. The van der Waals surface area contributed by atoms with E-state index in [9.17, 15) is 0 Å². The fourth-order valence-corrected chi connectivity index (χ4v) is 18.9. The summed E-state index contributed by atoms with van der Waals surface area (Å²) in [5.74, 6) is 0.151. The normalized spacial score (nSPS) is 17.0. The van der Waals surface area contributed by atoms with E-state index in [2.05, 4.69) is 290 Å². The van der Waals surface area contributed by atoms with Crippen LogP contribution in [-0.4, -0.2) is 14.1 Å². The van der Waals surface area contributed by atoms with Gasteiger partial charge in [0.05, 0.1) is 6.04 Å². The van der Waals surface area contributed by atoms with Crippen molar-refractivity contribution < 1.29 is 0 Å². The molecule has 0 bridgehead atoms. The third-order valence-electron chi connectivity index (χ3n) is 17.0. The molecular weight excluding hydrogens is 931 g/mol. The lowest BCUT2D eigenvalue weighted by Crippen LogP contribution is -2.67. The Bertz CT molecular complexity index is 4150. The summed E-state index contributed by atoms with van der Waals surface area (Å²) in [5, 5.41) is 11.0. The Morgan fingerprint density at radius 2 is 0.908 bits per heavy atom. The lowest BCUT2D eigenvalue weighted by Gasteiger charge is -2.37. The van der Waals surface area contributed by atoms with E-state index in [1.54, 1.807) is 0 Å². The smallest absolute Gasteiger partial charge is 0.180 e. The Morgan fingerprint density at radius 3 is 1.55 bits per heavy atom. The second-order valence-electron chi connectivity index (χ2n) is 21.0. The van der Waals surface area contributed by atoms with Crippen LogP contribution in [0.15, 0.2) is 296 Å². The van der Waals surface area contributed by atoms with Crippen LogP contribution < -0.4 is 20.5 Å². The highest BCUT2D eigenvalue weighted by molar-refractivity contribution is 7.18. The molecule has 2 aliphatic heterocycles. The van der Waals surface area contributed by atoms with Gasteiger partial charge in [-0.3, -0.25) is 0 Å². The summed E-state index contributed by atoms with van der Waals surface area (Å²) >= 11 is 0. The van der Waals surface area contributed by atoms with Gasteiger partial charge >= 0.3 is 0 Å². The summed E-state index contributed by atoms with van der Waals surface area (Å²) in [4.78, 5) is 2.73. The van der Waals surface area contributed by atoms with Crippen molar-refractivity contribution in [1.82, 2.24) is 0 Å². The van der Waals surface area contributed by atoms with Crippen LogP contribution in [0.1, 0.15) is 35.4 Å². The second-order valence-corrected chi connectivity index (χ2v) is 24.7. The number of anilines is 1. The molecule has 11 aromatic carbocycles. The number of hydrogen-bond acceptors (Lipinski definition) is 1. The molecule has 0 amide bonds. The van der Waals surface area contributed by atoms with Crippen LogP contribution in [0.25, 0.3) is 77.2 Å². The maximum Gasteiger partial charge on any atom is 0.180 e. The maximum atomic E-state index is 2.73. The van der Waals surface area contributed by atoms with Crippen molar-refractivity contribution in [2.75, 3.05) is 4.90 Å². The van der Waals surface area contributed by atoms with Gasteiger partial charge in [-0.05, 0) is 146 Å². The van der Waals surface area contributed by atoms with Crippen molar-refractivity contribution in [3.8, 4) is 44.5 Å². The van der Waals surface area contributed by atoms with Crippen molar-refractivity contribution in [3.05, 3.63) is 313 Å². The molecule has 0 radical (unpaired) electrons. The standard InChI is InChI=1S/C74H53NSi/c1-4-16-50(17-5-1)59-38-42-67-68-43-41-60(49-74(68)76(73(67)48-59,61-22-6-2-7-23-61)62-24-8-3-9-25-62)75-71-44-39-57(51-30-34-55(35-31-51)65-28-14-20-53-18-10-12-26-63(53)65)46-69(71)70-47-58(40-45-72(70)75)52-32-36-56(37-33-52)66-29-15-21-54-19-11-13-27-64(54)66/h1-40,42,44-49,69,71H,41,43H2. The van der Waals surface area contributed by atoms with E-state index < -0.39 is 8.07 Å². The Balaban J connectivity index is 0.863. The topological polar surface area (TPSA) is 3.24 Å². The molecule has 0 spiro atoms. The number of benzene rings is 11. The van der Waals surface area contributed by atoms with Crippen molar-refractivity contribution in [3.63, 3.8) is 0 Å². The van der Waals surface area contributed by atoms with Crippen LogP contribution >= 0.6 is 0 Å². The first-order valence-corrected chi connectivity index (χ1v) is 28.9. The highest BCUT2D eigenvalue weighted by atomic mass is 28.3. The third kappa shape index (κ3) is 7.13. The number of fused-ring (bicyclic) bond motifs is 7. The molecule has 0 saturated carbocycles. The van der Waals surface area contributed by atoms with Crippen LogP contribution in [0.2, 0.25) is 0 Å². The molecule has 0 N–H and O–H groups in total. The molecule has 2 heteroatoms. The van der Waals surface area contributed by atoms with Gasteiger partial charge in [0.25, 0.3) is 0 Å². The minimum absolute atomic E-state index is 0.129. The summed E-state index contributed by atoms with van der Waals surface area (Å²) in [7, 11) is -2.81. The van der Waals surface area contributed by atoms with Gasteiger partial charge in [0, 0.05) is 17.3 Å². The van der Waals surface area contributed by atoms with E-state index in [4.69, 9.17) is 0 Å². The number of nitrogens with zero attached hydrogens (tertiary/aromatic N) is 1. The third-order valence-corrected chi connectivity index (χ3v) is 21.9. The average molecular weight is 984 g/mol. The van der Waals surface area contributed by atoms with Gasteiger partial charge in [-0.25, -0.2) is 0 Å². The van der Waals surface area contributed by atoms with E-state index in [1.165, 1.54) is 126 Å². The fraction of sp³-hybridized carbons (Fsp3) is 0.0541. The first-order chi connectivity index (χ1) is 37.7. The minimum atomic E-state index is -2.81. The van der Waals surface area contributed by atoms with Crippen LogP contribution in [0, 0.1) is 0 Å². The van der Waals surface area contributed by atoms with Crippen LogP contribution in [0.3, 0.4) is 0 Å². The van der Waals surface area contributed by atoms with E-state index >= 15 is 0 Å². The highest BCUT2D eigenvalue weighted by Gasteiger charge is 2.51. The second kappa shape index (κ2) is 18.1. The molecule has 11 aromatic rings. The van der Waals surface area contributed by atoms with E-state index in [0.717, 1.165) is 12.8 Å². The largest absolute Gasteiger partial charge is 0.337 e. The van der Waals surface area contributed by atoms with Crippen molar-refractivity contribution >= 4 is 62.0 Å². The van der Waals surface area contributed by atoms with Crippen LogP contribution in [-0.2, 0) is 0 Å². The first-order valence-electron chi connectivity index (χ1n) is 26.9.